The van der Waals surface area contributed by atoms with Crippen molar-refractivity contribution in [3.05, 3.63) is 63.9 Å². The van der Waals surface area contributed by atoms with Crippen LogP contribution in [0.3, 0.4) is 0 Å². The maximum atomic E-state index is 14.0. The van der Waals surface area contributed by atoms with Crippen LogP contribution in [-0.4, -0.2) is 23.1 Å². The normalized spacial score (nSPS) is 15.6. The summed E-state index contributed by atoms with van der Waals surface area (Å²) in [6.07, 6.45) is 2.20. The van der Waals surface area contributed by atoms with Crippen LogP contribution in [-0.2, 0) is 0 Å². The highest BCUT2D eigenvalue weighted by molar-refractivity contribution is 5.80. The Labute approximate surface area is 142 Å². The van der Waals surface area contributed by atoms with Crippen LogP contribution in [0.4, 0.5) is 8.78 Å². The fourth-order valence-electron chi connectivity index (χ4n) is 3.37. The third-order valence-electron chi connectivity index (χ3n) is 4.72. The Hall–Kier alpha value is -2.60. The fourth-order valence-corrected chi connectivity index (χ4v) is 3.37. The quantitative estimate of drug-likeness (QED) is 0.752. The predicted octanol–water partition coefficient (Wildman–Crippen LogP) is 3.34. The first-order valence-corrected chi connectivity index (χ1v) is 8.32. The summed E-state index contributed by atoms with van der Waals surface area (Å²) in [5.74, 6) is -0.829. The zero-order valence-electron chi connectivity index (χ0n) is 13.5. The molecule has 0 unspecified atom stereocenters. The van der Waals surface area contributed by atoms with E-state index in [0.717, 1.165) is 38.1 Å². The van der Waals surface area contributed by atoms with E-state index in [-0.39, 0.29) is 16.7 Å². The zero-order valence-corrected chi connectivity index (χ0v) is 13.5. The number of benzene rings is 2. The van der Waals surface area contributed by atoms with Gasteiger partial charge in [0.15, 0.2) is 5.82 Å². The average molecular weight is 341 g/mol. The summed E-state index contributed by atoms with van der Waals surface area (Å²) in [4.78, 5) is 18.9. The maximum absolute atomic E-state index is 14.0. The average Bonchev–Trinajstić information content (AvgIpc) is 2.63. The molecule has 4 nitrogen and oxygen atoms in total. The van der Waals surface area contributed by atoms with Crippen LogP contribution in [0.1, 0.15) is 24.3 Å². The van der Waals surface area contributed by atoms with E-state index in [9.17, 15) is 13.6 Å². The largest absolute Gasteiger partial charge is 0.317 e. The van der Waals surface area contributed by atoms with Gasteiger partial charge in [-0.25, -0.2) is 13.8 Å². The van der Waals surface area contributed by atoms with Gasteiger partial charge in [0.05, 0.1) is 5.39 Å². The van der Waals surface area contributed by atoms with Crippen LogP contribution >= 0.6 is 0 Å². The first-order valence-electron chi connectivity index (χ1n) is 8.32. The molecular formula is C19H17F2N3O. The molecule has 1 aliphatic rings. The van der Waals surface area contributed by atoms with Gasteiger partial charge in [0.25, 0.3) is 5.56 Å². The van der Waals surface area contributed by atoms with Gasteiger partial charge in [0.2, 0.25) is 0 Å². The number of fused-ring (bicyclic) bond motifs is 1. The van der Waals surface area contributed by atoms with Crippen LogP contribution < -0.4 is 10.9 Å². The van der Waals surface area contributed by atoms with E-state index < -0.39 is 17.2 Å². The molecule has 6 heteroatoms. The van der Waals surface area contributed by atoms with E-state index in [1.807, 2.05) is 24.3 Å². The molecule has 1 saturated heterocycles. The van der Waals surface area contributed by atoms with Crippen molar-refractivity contribution < 1.29 is 8.78 Å². The molecule has 128 valence electrons. The number of hydrogen-bond donors (Lipinski definition) is 2. The van der Waals surface area contributed by atoms with Crippen molar-refractivity contribution in [3.63, 3.8) is 0 Å². The number of H-pyrrole nitrogens is 1. The summed E-state index contributed by atoms with van der Waals surface area (Å²) in [6.45, 7) is 2.03. The maximum Gasteiger partial charge on any atom is 0.259 e. The summed E-state index contributed by atoms with van der Waals surface area (Å²) in [6, 6.07) is 9.53. The van der Waals surface area contributed by atoms with Crippen molar-refractivity contribution in [1.82, 2.24) is 15.3 Å². The molecule has 4 rings (SSSR count). The molecule has 0 spiro atoms. The van der Waals surface area contributed by atoms with Gasteiger partial charge < -0.3 is 10.3 Å². The van der Waals surface area contributed by atoms with Crippen LogP contribution in [0, 0.1) is 11.6 Å². The minimum Gasteiger partial charge on any atom is -0.317 e. The highest BCUT2D eigenvalue weighted by Gasteiger charge is 2.16. The van der Waals surface area contributed by atoms with Gasteiger partial charge in [0.1, 0.15) is 17.2 Å². The minimum absolute atomic E-state index is 0.0902. The lowest BCUT2D eigenvalue weighted by molar-refractivity contribution is 0.460. The van der Waals surface area contributed by atoms with Crippen molar-refractivity contribution in [2.75, 3.05) is 13.1 Å². The van der Waals surface area contributed by atoms with Gasteiger partial charge >= 0.3 is 0 Å². The van der Waals surface area contributed by atoms with Gasteiger partial charge in [-0.15, -0.1) is 0 Å². The first kappa shape index (κ1) is 15.9. The standard InChI is InChI=1S/C19H17F2N3O/c20-14-9-15-17(16(21)10-14)23-18(24-19(15)25)13-3-1-11(2-4-13)12-5-7-22-8-6-12/h1-4,9-10,12,22H,5-8H2,(H,23,24,25). The molecule has 0 bridgehead atoms. The second kappa shape index (κ2) is 6.37. The van der Waals surface area contributed by atoms with E-state index in [2.05, 4.69) is 15.3 Å². The van der Waals surface area contributed by atoms with Gasteiger partial charge in [-0.2, -0.15) is 0 Å². The molecule has 0 radical (unpaired) electrons. The predicted molar refractivity (Wildman–Crippen MR) is 92.6 cm³/mol. The fraction of sp³-hybridized carbons (Fsp3) is 0.263. The molecule has 1 aromatic heterocycles. The molecule has 3 aromatic rings. The molecule has 1 fully saturated rings. The highest BCUT2D eigenvalue weighted by atomic mass is 19.1. The number of halogens is 2. The summed E-state index contributed by atoms with van der Waals surface area (Å²) >= 11 is 0. The minimum atomic E-state index is -0.839. The Kier molecular flexibility index (Phi) is 4.05. The molecule has 2 N–H and O–H groups in total. The van der Waals surface area contributed by atoms with E-state index in [1.54, 1.807) is 0 Å². The summed E-state index contributed by atoms with van der Waals surface area (Å²) in [5, 5.41) is 3.25. The lowest BCUT2D eigenvalue weighted by atomic mass is 9.90. The molecule has 0 aliphatic carbocycles. The molecule has 25 heavy (non-hydrogen) atoms. The topological polar surface area (TPSA) is 57.8 Å². The number of aromatic nitrogens is 2. The molecule has 1 aliphatic heterocycles. The Bertz CT molecular complexity index is 976. The monoisotopic (exact) mass is 341 g/mol. The van der Waals surface area contributed by atoms with Gasteiger partial charge in [-0.3, -0.25) is 4.79 Å². The van der Waals surface area contributed by atoms with Crippen LogP contribution in [0.5, 0.6) is 0 Å². The molecule has 0 saturated carbocycles. The number of rotatable bonds is 2. The SMILES string of the molecule is O=c1[nH]c(-c2ccc(C3CCNCC3)cc2)nc2c(F)cc(F)cc12. The smallest absolute Gasteiger partial charge is 0.259 e. The number of aromatic amines is 1. The zero-order chi connectivity index (χ0) is 17.4. The van der Waals surface area contributed by atoms with Crippen molar-refractivity contribution in [2.45, 2.75) is 18.8 Å². The first-order chi connectivity index (χ1) is 12.1. The van der Waals surface area contributed by atoms with Gasteiger partial charge in [-0.05, 0) is 43.5 Å². The number of nitrogens with one attached hydrogen (secondary N) is 2. The Morgan fingerprint density at radius 1 is 1.04 bits per heavy atom. The Morgan fingerprint density at radius 3 is 2.48 bits per heavy atom. The number of nitrogens with zero attached hydrogens (tertiary/aromatic N) is 1. The lowest BCUT2D eigenvalue weighted by Gasteiger charge is -2.23. The number of piperidine rings is 1. The van der Waals surface area contributed by atoms with Crippen LogP contribution in [0.15, 0.2) is 41.2 Å². The Morgan fingerprint density at radius 2 is 1.76 bits per heavy atom. The summed E-state index contributed by atoms with van der Waals surface area (Å²) in [7, 11) is 0. The lowest BCUT2D eigenvalue weighted by Crippen LogP contribution is -2.26. The third kappa shape index (κ3) is 3.05. The van der Waals surface area contributed by atoms with Crippen molar-refractivity contribution in [3.8, 4) is 11.4 Å². The van der Waals surface area contributed by atoms with Crippen molar-refractivity contribution in [2.24, 2.45) is 0 Å². The second-order valence-corrected chi connectivity index (χ2v) is 6.34. The molecule has 0 atom stereocenters. The van der Waals surface area contributed by atoms with E-state index in [1.165, 1.54) is 5.56 Å². The highest BCUT2D eigenvalue weighted by Crippen LogP contribution is 2.27. The third-order valence-corrected chi connectivity index (χ3v) is 4.72. The molecule has 2 heterocycles. The molecular weight excluding hydrogens is 324 g/mol. The second-order valence-electron chi connectivity index (χ2n) is 6.34. The summed E-state index contributed by atoms with van der Waals surface area (Å²) in [5.41, 5.74) is 1.27. The van der Waals surface area contributed by atoms with E-state index >= 15 is 0 Å². The van der Waals surface area contributed by atoms with Crippen molar-refractivity contribution >= 4 is 10.9 Å². The van der Waals surface area contributed by atoms with E-state index in [0.29, 0.717) is 11.5 Å². The van der Waals surface area contributed by atoms with Crippen LogP contribution in [0.25, 0.3) is 22.3 Å². The Balaban J connectivity index is 1.73. The van der Waals surface area contributed by atoms with Crippen molar-refractivity contribution in [1.29, 1.82) is 0 Å². The summed E-state index contributed by atoms with van der Waals surface area (Å²) < 4.78 is 27.3. The van der Waals surface area contributed by atoms with Gasteiger partial charge in [0, 0.05) is 11.6 Å². The van der Waals surface area contributed by atoms with E-state index in [4.69, 9.17) is 0 Å². The number of hydrogen-bond acceptors (Lipinski definition) is 3. The van der Waals surface area contributed by atoms with Crippen LogP contribution in [0.2, 0.25) is 0 Å². The molecule has 0 amide bonds. The molecule has 2 aromatic carbocycles. The van der Waals surface area contributed by atoms with Gasteiger partial charge in [-0.1, -0.05) is 24.3 Å².